The lowest BCUT2D eigenvalue weighted by molar-refractivity contribution is -0.00586. The van der Waals surface area contributed by atoms with Crippen LogP contribution in [0.3, 0.4) is 0 Å². The van der Waals surface area contributed by atoms with Crippen LogP contribution in [0.25, 0.3) is 0 Å². The Morgan fingerprint density at radius 2 is 2.09 bits per heavy atom. The van der Waals surface area contributed by atoms with Crippen molar-refractivity contribution in [3.8, 4) is 0 Å². The standard InChI is InChI=1S/C15H21ClN2O4/c1-14(2,3)22-13(20)18-6-5-9-7-10(15(4,21)8-19)17-12(16)11(9)18/h7,19,21H,5-6,8H2,1-4H3. The smallest absolute Gasteiger partial charge is 0.414 e. The van der Waals surface area contributed by atoms with Gasteiger partial charge in [0.05, 0.1) is 18.0 Å². The quantitative estimate of drug-likeness (QED) is 0.813. The number of amides is 1. The Kier molecular flexibility index (Phi) is 4.39. The van der Waals surface area contributed by atoms with E-state index in [9.17, 15) is 15.0 Å². The molecule has 0 radical (unpaired) electrons. The molecule has 0 saturated heterocycles. The number of carbonyl (C=O) groups excluding carboxylic acids is 1. The molecule has 0 spiro atoms. The summed E-state index contributed by atoms with van der Waals surface area (Å²) in [7, 11) is 0. The van der Waals surface area contributed by atoms with Crippen LogP contribution in [-0.4, -0.2) is 40.0 Å². The molecular formula is C15H21ClN2O4. The molecule has 2 rings (SSSR count). The molecule has 1 unspecified atom stereocenters. The van der Waals surface area contributed by atoms with E-state index in [1.165, 1.54) is 11.8 Å². The van der Waals surface area contributed by atoms with Crippen molar-refractivity contribution in [2.45, 2.75) is 45.3 Å². The van der Waals surface area contributed by atoms with Gasteiger partial charge in [0, 0.05) is 6.54 Å². The molecule has 1 aromatic heterocycles. The molecule has 2 heterocycles. The van der Waals surface area contributed by atoms with Gasteiger partial charge in [-0.15, -0.1) is 0 Å². The van der Waals surface area contributed by atoms with Crippen LogP contribution in [0.4, 0.5) is 10.5 Å². The number of rotatable bonds is 2. The molecule has 6 nitrogen and oxygen atoms in total. The number of hydrogen-bond acceptors (Lipinski definition) is 5. The first-order valence-electron chi connectivity index (χ1n) is 7.09. The second kappa shape index (κ2) is 5.68. The van der Waals surface area contributed by atoms with E-state index in [2.05, 4.69) is 4.98 Å². The topological polar surface area (TPSA) is 82.9 Å². The highest BCUT2D eigenvalue weighted by molar-refractivity contribution is 6.32. The first-order chi connectivity index (χ1) is 10.0. The SMILES string of the molecule is CC(C)(C)OC(=O)N1CCc2cc(C(C)(O)CO)nc(Cl)c21. The minimum absolute atomic E-state index is 0.115. The summed E-state index contributed by atoms with van der Waals surface area (Å²) in [5.41, 5.74) is -0.481. The van der Waals surface area contributed by atoms with Gasteiger partial charge >= 0.3 is 6.09 Å². The molecule has 0 aromatic carbocycles. The van der Waals surface area contributed by atoms with E-state index < -0.39 is 23.9 Å². The van der Waals surface area contributed by atoms with E-state index in [4.69, 9.17) is 16.3 Å². The summed E-state index contributed by atoms with van der Waals surface area (Å²) >= 11 is 6.19. The number of fused-ring (bicyclic) bond motifs is 1. The normalized spacial score (nSPS) is 17.1. The summed E-state index contributed by atoms with van der Waals surface area (Å²) in [6.45, 7) is 6.82. The minimum Gasteiger partial charge on any atom is -0.443 e. The minimum atomic E-state index is -1.47. The molecule has 1 aromatic rings. The van der Waals surface area contributed by atoms with Gasteiger partial charge in [-0.2, -0.15) is 0 Å². The van der Waals surface area contributed by atoms with Gasteiger partial charge in [0.1, 0.15) is 11.2 Å². The van der Waals surface area contributed by atoms with Gasteiger partial charge in [0.25, 0.3) is 0 Å². The number of nitrogens with zero attached hydrogens (tertiary/aromatic N) is 2. The number of ether oxygens (including phenoxy) is 1. The average molecular weight is 329 g/mol. The van der Waals surface area contributed by atoms with Gasteiger partial charge in [-0.1, -0.05) is 11.6 Å². The van der Waals surface area contributed by atoms with E-state index in [0.717, 1.165) is 5.56 Å². The molecule has 1 atom stereocenters. The van der Waals surface area contributed by atoms with Crippen LogP contribution in [0.5, 0.6) is 0 Å². The fourth-order valence-corrected chi connectivity index (χ4v) is 2.55. The van der Waals surface area contributed by atoms with Crippen LogP contribution >= 0.6 is 11.6 Å². The zero-order chi connectivity index (χ0) is 16.7. The summed E-state index contributed by atoms with van der Waals surface area (Å²) in [6.07, 6.45) is 0.113. The second-order valence-corrected chi connectivity index (χ2v) is 6.98. The molecule has 22 heavy (non-hydrogen) atoms. The molecule has 2 N–H and O–H groups in total. The van der Waals surface area contributed by atoms with Crippen LogP contribution in [-0.2, 0) is 16.8 Å². The predicted molar refractivity (Wildman–Crippen MR) is 83.2 cm³/mol. The summed E-state index contributed by atoms with van der Waals surface area (Å²) in [5, 5.41) is 19.5. The summed E-state index contributed by atoms with van der Waals surface area (Å²) in [5.74, 6) is 0. The number of halogens is 1. The van der Waals surface area contributed by atoms with Crippen LogP contribution in [0.1, 0.15) is 39.0 Å². The maximum atomic E-state index is 12.2. The van der Waals surface area contributed by atoms with E-state index in [0.29, 0.717) is 18.7 Å². The van der Waals surface area contributed by atoms with Crippen molar-refractivity contribution < 1.29 is 19.7 Å². The molecule has 122 valence electrons. The molecule has 7 heteroatoms. The van der Waals surface area contributed by atoms with E-state index in [-0.39, 0.29) is 10.8 Å². The second-order valence-electron chi connectivity index (χ2n) is 6.62. The average Bonchev–Trinajstić information content (AvgIpc) is 2.81. The molecule has 0 aliphatic carbocycles. The van der Waals surface area contributed by atoms with Crippen molar-refractivity contribution in [3.05, 3.63) is 22.5 Å². The van der Waals surface area contributed by atoms with Crippen molar-refractivity contribution in [2.24, 2.45) is 0 Å². The van der Waals surface area contributed by atoms with Gasteiger partial charge in [0.2, 0.25) is 0 Å². The fraction of sp³-hybridized carbons (Fsp3) is 0.600. The molecule has 1 amide bonds. The molecule has 1 aliphatic heterocycles. The lowest BCUT2D eigenvalue weighted by atomic mass is 10.0. The lowest BCUT2D eigenvalue weighted by Gasteiger charge is -2.26. The van der Waals surface area contributed by atoms with Gasteiger partial charge in [-0.05, 0) is 45.7 Å². The third kappa shape index (κ3) is 3.34. The first-order valence-corrected chi connectivity index (χ1v) is 7.46. The number of hydrogen-bond donors (Lipinski definition) is 2. The first kappa shape index (κ1) is 17.0. The maximum absolute atomic E-state index is 12.2. The highest BCUT2D eigenvalue weighted by Crippen LogP contribution is 2.37. The highest BCUT2D eigenvalue weighted by Gasteiger charge is 2.34. The van der Waals surface area contributed by atoms with Crippen molar-refractivity contribution >= 4 is 23.4 Å². The Hall–Kier alpha value is -1.37. The van der Waals surface area contributed by atoms with Gasteiger partial charge in [0.15, 0.2) is 5.15 Å². The van der Waals surface area contributed by atoms with Crippen molar-refractivity contribution in [1.82, 2.24) is 4.98 Å². The molecular weight excluding hydrogens is 308 g/mol. The number of aliphatic hydroxyl groups excluding tert-OH is 1. The Bertz CT molecular complexity index is 596. The van der Waals surface area contributed by atoms with E-state index in [1.807, 2.05) is 0 Å². The van der Waals surface area contributed by atoms with Crippen LogP contribution in [0, 0.1) is 0 Å². The zero-order valence-electron chi connectivity index (χ0n) is 13.2. The summed E-state index contributed by atoms with van der Waals surface area (Å²) in [6, 6.07) is 1.67. The number of pyridine rings is 1. The largest absolute Gasteiger partial charge is 0.443 e. The Morgan fingerprint density at radius 1 is 1.45 bits per heavy atom. The van der Waals surface area contributed by atoms with E-state index in [1.54, 1.807) is 26.8 Å². The molecule has 0 saturated carbocycles. The fourth-order valence-electron chi connectivity index (χ4n) is 2.23. The third-order valence-electron chi connectivity index (χ3n) is 3.38. The predicted octanol–water partition coefficient (Wildman–Crippen LogP) is 2.23. The zero-order valence-corrected chi connectivity index (χ0v) is 13.9. The number of carbonyl (C=O) groups is 1. The van der Waals surface area contributed by atoms with Gasteiger partial charge < -0.3 is 14.9 Å². The number of aromatic nitrogens is 1. The number of anilines is 1. The van der Waals surface area contributed by atoms with Crippen LogP contribution in [0.15, 0.2) is 6.07 Å². The van der Waals surface area contributed by atoms with Crippen molar-refractivity contribution in [2.75, 3.05) is 18.1 Å². The number of aliphatic hydroxyl groups is 2. The van der Waals surface area contributed by atoms with Crippen LogP contribution < -0.4 is 4.90 Å². The Balaban J connectivity index is 2.35. The lowest BCUT2D eigenvalue weighted by Crippen LogP contribution is -2.36. The Morgan fingerprint density at radius 3 is 2.64 bits per heavy atom. The highest BCUT2D eigenvalue weighted by atomic mass is 35.5. The van der Waals surface area contributed by atoms with Crippen LogP contribution in [0.2, 0.25) is 5.15 Å². The Labute approximate surface area is 134 Å². The third-order valence-corrected chi connectivity index (χ3v) is 3.64. The van der Waals surface area contributed by atoms with Gasteiger partial charge in [-0.25, -0.2) is 9.78 Å². The van der Waals surface area contributed by atoms with Crippen molar-refractivity contribution in [1.29, 1.82) is 0 Å². The molecule has 0 bridgehead atoms. The monoisotopic (exact) mass is 328 g/mol. The maximum Gasteiger partial charge on any atom is 0.414 e. The van der Waals surface area contributed by atoms with Gasteiger partial charge in [-0.3, -0.25) is 4.90 Å². The summed E-state index contributed by atoms with van der Waals surface area (Å²) < 4.78 is 5.36. The van der Waals surface area contributed by atoms with Crippen molar-refractivity contribution in [3.63, 3.8) is 0 Å². The molecule has 0 fully saturated rings. The molecule has 1 aliphatic rings. The summed E-state index contributed by atoms with van der Waals surface area (Å²) in [4.78, 5) is 17.8. The van der Waals surface area contributed by atoms with E-state index >= 15 is 0 Å².